The summed E-state index contributed by atoms with van der Waals surface area (Å²) in [6.45, 7) is 1.20. The van der Waals surface area contributed by atoms with Gasteiger partial charge in [0.15, 0.2) is 0 Å². The molecule has 1 saturated carbocycles. The summed E-state index contributed by atoms with van der Waals surface area (Å²) >= 11 is 0. The van der Waals surface area contributed by atoms with Crippen LogP contribution in [-0.2, 0) is 4.79 Å². The molecule has 4 heteroatoms. The first-order valence-corrected chi connectivity index (χ1v) is 5.91. The van der Waals surface area contributed by atoms with Gasteiger partial charge in [0, 0.05) is 19.1 Å². The van der Waals surface area contributed by atoms with Gasteiger partial charge in [-0.2, -0.15) is 0 Å². The van der Waals surface area contributed by atoms with E-state index in [1.165, 1.54) is 0 Å². The quantitative estimate of drug-likeness (QED) is 0.647. The lowest BCUT2D eigenvalue weighted by Crippen LogP contribution is -2.45. The molecular formula is C11H20N2O2. The molecule has 4 nitrogen and oxygen atoms in total. The molecule has 15 heavy (non-hydrogen) atoms. The lowest BCUT2D eigenvalue weighted by atomic mass is 9.84. The number of β-amino-alcohol motifs (C(OH)–C–C–N with tert-alkyl or cyclic N) is 1. The molecule has 1 saturated heterocycles. The molecule has 0 aromatic rings. The van der Waals surface area contributed by atoms with Gasteiger partial charge >= 0.3 is 0 Å². The van der Waals surface area contributed by atoms with Crippen LogP contribution in [0.15, 0.2) is 0 Å². The van der Waals surface area contributed by atoms with E-state index in [2.05, 4.69) is 0 Å². The van der Waals surface area contributed by atoms with Gasteiger partial charge in [-0.05, 0) is 19.3 Å². The summed E-state index contributed by atoms with van der Waals surface area (Å²) in [4.78, 5) is 13.9. The van der Waals surface area contributed by atoms with E-state index >= 15 is 0 Å². The van der Waals surface area contributed by atoms with Crippen LogP contribution < -0.4 is 5.73 Å². The Hall–Kier alpha value is -0.610. The first-order valence-electron chi connectivity index (χ1n) is 5.91. The van der Waals surface area contributed by atoms with Gasteiger partial charge in [0.05, 0.1) is 12.0 Å². The summed E-state index contributed by atoms with van der Waals surface area (Å²) in [5.74, 6) is 0.169. The lowest BCUT2D eigenvalue weighted by molar-refractivity contribution is -0.136. The Kier molecular flexibility index (Phi) is 3.26. The highest BCUT2D eigenvalue weighted by Crippen LogP contribution is 2.26. The van der Waals surface area contributed by atoms with Crippen LogP contribution in [0.2, 0.25) is 0 Å². The van der Waals surface area contributed by atoms with E-state index in [0.29, 0.717) is 19.5 Å². The van der Waals surface area contributed by atoms with E-state index in [1.54, 1.807) is 4.90 Å². The van der Waals surface area contributed by atoms with E-state index in [4.69, 9.17) is 5.73 Å². The normalized spacial score (nSPS) is 36.9. The number of rotatable bonds is 1. The van der Waals surface area contributed by atoms with Crippen molar-refractivity contribution in [2.45, 2.75) is 44.2 Å². The summed E-state index contributed by atoms with van der Waals surface area (Å²) in [7, 11) is 0. The third-order valence-corrected chi connectivity index (χ3v) is 3.61. The highest BCUT2D eigenvalue weighted by Gasteiger charge is 2.34. The number of likely N-dealkylation sites (tertiary alicyclic amines) is 1. The molecule has 2 aliphatic rings. The van der Waals surface area contributed by atoms with Gasteiger partial charge in [-0.1, -0.05) is 12.8 Å². The van der Waals surface area contributed by atoms with E-state index in [0.717, 1.165) is 25.7 Å². The molecule has 1 aliphatic carbocycles. The summed E-state index contributed by atoms with van der Waals surface area (Å²) in [5, 5.41) is 9.39. The van der Waals surface area contributed by atoms with Crippen molar-refractivity contribution in [3.05, 3.63) is 0 Å². The van der Waals surface area contributed by atoms with Gasteiger partial charge < -0.3 is 15.7 Å². The molecule has 3 atom stereocenters. The number of amides is 1. The number of carbonyl (C=O) groups excluding carboxylic acids is 1. The molecule has 0 radical (unpaired) electrons. The summed E-state index contributed by atoms with van der Waals surface area (Å²) in [6.07, 6.45) is 4.54. The van der Waals surface area contributed by atoms with E-state index in [-0.39, 0.29) is 24.0 Å². The number of hydrogen-bond donors (Lipinski definition) is 2. The second kappa shape index (κ2) is 4.49. The highest BCUT2D eigenvalue weighted by molar-refractivity contribution is 5.80. The maximum absolute atomic E-state index is 12.1. The number of aliphatic hydroxyl groups is 1. The molecule has 86 valence electrons. The molecule has 1 aliphatic heterocycles. The first-order chi connectivity index (χ1) is 7.18. The summed E-state index contributed by atoms with van der Waals surface area (Å²) in [6, 6.07) is 0.0315. The second-order valence-corrected chi connectivity index (χ2v) is 4.78. The molecule has 0 aromatic carbocycles. The second-order valence-electron chi connectivity index (χ2n) is 4.78. The minimum atomic E-state index is -0.325. The van der Waals surface area contributed by atoms with Crippen LogP contribution in [0.4, 0.5) is 0 Å². The SMILES string of the molecule is NC1CCCCC1C(=O)N1CC[C@H](O)C1. The molecule has 0 bridgehead atoms. The summed E-state index contributed by atoms with van der Waals surface area (Å²) in [5.41, 5.74) is 5.97. The molecule has 1 heterocycles. The number of nitrogens with zero attached hydrogens (tertiary/aromatic N) is 1. The Labute approximate surface area is 90.4 Å². The molecule has 0 spiro atoms. The minimum absolute atomic E-state index is 0.00375. The Bertz CT molecular complexity index is 245. The fraction of sp³-hybridized carbons (Fsp3) is 0.909. The van der Waals surface area contributed by atoms with Crippen molar-refractivity contribution in [2.24, 2.45) is 11.7 Å². The summed E-state index contributed by atoms with van der Waals surface area (Å²) < 4.78 is 0. The van der Waals surface area contributed by atoms with Gasteiger partial charge in [-0.25, -0.2) is 0 Å². The number of nitrogens with two attached hydrogens (primary N) is 1. The van der Waals surface area contributed by atoms with Crippen LogP contribution in [0.1, 0.15) is 32.1 Å². The number of aliphatic hydroxyl groups excluding tert-OH is 1. The van der Waals surface area contributed by atoms with Crippen LogP contribution in [0.3, 0.4) is 0 Å². The fourth-order valence-corrected chi connectivity index (χ4v) is 2.64. The van der Waals surface area contributed by atoms with Crippen molar-refractivity contribution in [3.63, 3.8) is 0 Å². The maximum atomic E-state index is 12.1. The van der Waals surface area contributed by atoms with Crippen LogP contribution in [0.25, 0.3) is 0 Å². The zero-order valence-corrected chi connectivity index (χ0v) is 9.06. The largest absolute Gasteiger partial charge is 0.391 e. The van der Waals surface area contributed by atoms with Crippen LogP contribution in [-0.4, -0.2) is 41.1 Å². The lowest BCUT2D eigenvalue weighted by Gasteiger charge is -2.30. The first kappa shape index (κ1) is 10.9. The van der Waals surface area contributed by atoms with E-state index < -0.39 is 0 Å². The van der Waals surface area contributed by atoms with Crippen molar-refractivity contribution in [3.8, 4) is 0 Å². The third-order valence-electron chi connectivity index (χ3n) is 3.61. The minimum Gasteiger partial charge on any atom is -0.391 e. The molecule has 3 N–H and O–H groups in total. The predicted molar refractivity (Wildman–Crippen MR) is 57.1 cm³/mol. The Morgan fingerprint density at radius 2 is 2.00 bits per heavy atom. The Morgan fingerprint density at radius 1 is 1.27 bits per heavy atom. The van der Waals surface area contributed by atoms with Gasteiger partial charge in [0.25, 0.3) is 0 Å². The highest BCUT2D eigenvalue weighted by atomic mass is 16.3. The van der Waals surface area contributed by atoms with Crippen LogP contribution in [0.5, 0.6) is 0 Å². The van der Waals surface area contributed by atoms with Gasteiger partial charge in [-0.3, -0.25) is 4.79 Å². The smallest absolute Gasteiger partial charge is 0.227 e. The van der Waals surface area contributed by atoms with Crippen molar-refractivity contribution < 1.29 is 9.90 Å². The maximum Gasteiger partial charge on any atom is 0.227 e. The van der Waals surface area contributed by atoms with Crippen molar-refractivity contribution in [1.82, 2.24) is 4.90 Å². The van der Waals surface area contributed by atoms with Crippen molar-refractivity contribution >= 4 is 5.91 Å². The van der Waals surface area contributed by atoms with E-state index in [9.17, 15) is 9.90 Å². The number of carbonyl (C=O) groups is 1. The number of hydrogen-bond acceptors (Lipinski definition) is 3. The molecular weight excluding hydrogens is 192 g/mol. The Morgan fingerprint density at radius 3 is 2.60 bits per heavy atom. The van der Waals surface area contributed by atoms with Crippen LogP contribution in [0, 0.1) is 5.92 Å². The van der Waals surface area contributed by atoms with Gasteiger partial charge in [0.2, 0.25) is 5.91 Å². The average Bonchev–Trinajstić information content (AvgIpc) is 2.65. The standard InChI is InChI=1S/C11H20N2O2/c12-10-4-2-1-3-9(10)11(15)13-6-5-8(14)7-13/h8-10,14H,1-7,12H2/t8-,9?,10?/m0/s1. The zero-order chi connectivity index (χ0) is 10.8. The predicted octanol–water partition coefficient (Wildman–Crippen LogP) is 0.0971. The molecule has 2 fully saturated rings. The fourth-order valence-electron chi connectivity index (χ4n) is 2.64. The van der Waals surface area contributed by atoms with E-state index in [1.807, 2.05) is 0 Å². The molecule has 2 rings (SSSR count). The monoisotopic (exact) mass is 212 g/mol. The molecule has 0 aromatic heterocycles. The zero-order valence-electron chi connectivity index (χ0n) is 9.06. The topological polar surface area (TPSA) is 66.6 Å². The Balaban J connectivity index is 1.94. The van der Waals surface area contributed by atoms with Crippen LogP contribution >= 0.6 is 0 Å². The average molecular weight is 212 g/mol. The molecule has 2 unspecified atom stereocenters. The molecule has 1 amide bonds. The van der Waals surface area contributed by atoms with Gasteiger partial charge in [-0.15, -0.1) is 0 Å². The van der Waals surface area contributed by atoms with Crippen molar-refractivity contribution in [2.75, 3.05) is 13.1 Å². The van der Waals surface area contributed by atoms with Gasteiger partial charge in [0.1, 0.15) is 0 Å². The van der Waals surface area contributed by atoms with Crippen molar-refractivity contribution in [1.29, 1.82) is 0 Å². The third kappa shape index (κ3) is 2.32.